The van der Waals surface area contributed by atoms with Crippen molar-refractivity contribution in [2.75, 3.05) is 0 Å². The third-order valence-electron chi connectivity index (χ3n) is 5.33. The Labute approximate surface area is 159 Å². The number of hydrazone groups is 1. The third kappa shape index (κ3) is 3.65. The minimum Gasteiger partial charge on any atom is -0.361 e. The standard InChI is InChI=1S/C23H25N3O/c1-23(2,3)17-10-8-15(9-11-17)19-12-20(19)22(27)26-25-14-16-13-24-21-7-5-4-6-18(16)21/h4-11,13-14,19-20,24H,12H2,1-3H3,(H,26,27). The Balaban J connectivity index is 1.36. The van der Waals surface area contributed by atoms with Crippen LogP contribution in [0.5, 0.6) is 0 Å². The Morgan fingerprint density at radius 1 is 1.15 bits per heavy atom. The van der Waals surface area contributed by atoms with Gasteiger partial charge < -0.3 is 4.98 Å². The fraction of sp³-hybridized carbons (Fsp3) is 0.304. The van der Waals surface area contributed by atoms with Gasteiger partial charge in [-0.05, 0) is 34.9 Å². The number of hydrogen-bond acceptors (Lipinski definition) is 2. The van der Waals surface area contributed by atoms with Gasteiger partial charge >= 0.3 is 0 Å². The van der Waals surface area contributed by atoms with Crippen molar-refractivity contribution in [3.05, 3.63) is 71.4 Å². The van der Waals surface area contributed by atoms with E-state index < -0.39 is 0 Å². The Morgan fingerprint density at radius 2 is 1.89 bits per heavy atom. The summed E-state index contributed by atoms with van der Waals surface area (Å²) in [6.07, 6.45) is 4.49. The monoisotopic (exact) mass is 359 g/mol. The first-order chi connectivity index (χ1) is 12.9. The number of para-hydroxylation sites is 1. The highest BCUT2D eigenvalue weighted by atomic mass is 16.2. The van der Waals surface area contributed by atoms with E-state index in [9.17, 15) is 4.79 Å². The van der Waals surface area contributed by atoms with Gasteiger partial charge in [0.1, 0.15) is 0 Å². The number of nitrogens with one attached hydrogen (secondary N) is 2. The zero-order chi connectivity index (χ0) is 19.0. The van der Waals surface area contributed by atoms with Crippen LogP contribution in [0.2, 0.25) is 0 Å². The lowest BCUT2D eigenvalue weighted by Crippen LogP contribution is -2.20. The number of aromatic amines is 1. The molecule has 138 valence electrons. The van der Waals surface area contributed by atoms with Crippen molar-refractivity contribution >= 4 is 23.0 Å². The molecule has 3 aromatic rings. The number of rotatable bonds is 4. The minimum atomic E-state index is -0.00371. The number of carbonyl (C=O) groups is 1. The van der Waals surface area contributed by atoms with Crippen LogP contribution in [0.25, 0.3) is 10.9 Å². The normalized spacial score (nSPS) is 19.5. The summed E-state index contributed by atoms with van der Waals surface area (Å²) in [4.78, 5) is 15.6. The molecule has 2 N–H and O–H groups in total. The molecule has 0 bridgehead atoms. The number of hydrogen-bond donors (Lipinski definition) is 2. The summed E-state index contributed by atoms with van der Waals surface area (Å²) in [6, 6.07) is 16.7. The van der Waals surface area contributed by atoms with Crippen molar-refractivity contribution in [2.24, 2.45) is 11.0 Å². The Hall–Kier alpha value is -2.88. The number of nitrogens with zero attached hydrogens (tertiary/aromatic N) is 1. The largest absolute Gasteiger partial charge is 0.361 e. The van der Waals surface area contributed by atoms with Gasteiger partial charge in [0.25, 0.3) is 0 Å². The van der Waals surface area contributed by atoms with E-state index in [1.165, 1.54) is 11.1 Å². The number of amides is 1. The lowest BCUT2D eigenvalue weighted by atomic mass is 9.86. The van der Waals surface area contributed by atoms with E-state index in [1.54, 1.807) is 6.21 Å². The minimum absolute atomic E-state index is 0.00371. The molecule has 1 heterocycles. The molecule has 2 atom stereocenters. The van der Waals surface area contributed by atoms with Crippen LogP contribution >= 0.6 is 0 Å². The van der Waals surface area contributed by atoms with Crippen molar-refractivity contribution in [3.63, 3.8) is 0 Å². The molecule has 1 fully saturated rings. The molecule has 4 nitrogen and oxygen atoms in total. The second-order valence-corrected chi connectivity index (χ2v) is 8.34. The number of benzene rings is 2. The summed E-state index contributed by atoms with van der Waals surface area (Å²) in [7, 11) is 0. The van der Waals surface area contributed by atoms with Crippen molar-refractivity contribution in [1.29, 1.82) is 0 Å². The molecular weight excluding hydrogens is 334 g/mol. The van der Waals surface area contributed by atoms with Gasteiger partial charge in [-0.15, -0.1) is 0 Å². The quantitative estimate of drug-likeness (QED) is 0.514. The molecule has 0 radical (unpaired) electrons. The average Bonchev–Trinajstić information content (AvgIpc) is 3.36. The van der Waals surface area contributed by atoms with Crippen LogP contribution in [0.15, 0.2) is 59.8 Å². The summed E-state index contributed by atoms with van der Waals surface area (Å²) in [5.74, 6) is 0.323. The average molecular weight is 359 g/mol. The first-order valence-corrected chi connectivity index (χ1v) is 9.43. The van der Waals surface area contributed by atoms with Crippen molar-refractivity contribution in [3.8, 4) is 0 Å². The first-order valence-electron chi connectivity index (χ1n) is 9.43. The highest BCUT2D eigenvalue weighted by molar-refractivity contribution is 5.99. The van der Waals surface area contributed by atoms with Crippen molar-refractivity contribution in [2.45, 2.75) is 38.5 Å². The lowest BCUT2D eigenvalue weighted by molar-refractivity contribution is -0.122. The lowest BCUT2D eigenvalue weighted by Gasteiger charge is -2.19. The van der Waals surface area contributed by atoms with E-state index in [4.69, 9.17) is 0 Å². The van der Waals surface area contributed by atoms with Crippen LogP contribution in [0, 0.1) is 5.92 Å². The van der Waals surface area contributed by atoms with Gasteiger partial charge in [0.15, 0.2) is 0 Å². The number of carbonyl (C=O) groups excluding carboxylic acids is 1. The highest BCUT2D eigenvalue weighted by Gasteiger charge is 2.44. The molecule has 1 aromatic heterocycles. The summed E-state index contributed by atoms with van der Waals surface area (Å²) < 4.78 is 0. The van der Waals surface area contributed by atoms with Gasteiger partial charge in [-0.1, -0.05) is 63.2 Å². The molecular formula is C23H25N3O. The SMILES string of the molecule is CC(C)(C)c1ccc(C2CC2C(=O)NN=Cc2c[nH]c3ccccc23)cc1. The topological polar surface area (TPSA) is 57.2 Å². The molecule has 0 saturated heterocycles. The van der Waals surface area contributed by atoms with E-state index in [-0.39, 0.29) is 17.2 Å². The zero-order valence-corrected chi connectivity index (χ0v) is 16.0. The predicted molar refractivity (Wildman–Crippen MR) is 110 cm³/mol. The molecule has 0 aliphatic heterocycles. The van der Waals surface area contributed by atoms with Crippen LogP contribution in [0.4, 0.5) is 0 Å². The number of fused-ring (bicyclic) bond motifs is 1. The van der Waals surface area contributed by atoms with Crippen LogP contribution in [0.3, 0.4) is 0 Å². The van der Waals surface area contributed by atoms with Crippen molar-refractivity contribution < 1.29 is 4.79 Å². The van der Waals surface area contributed by atoms with Gasteiger partial charge in [0.05, 0.1) is 6.21 Å². The maximum Gasteiger partial charge on any atom is 0.243 e. The van der Waals surface area contributed by atoms with Gasteiger partial charge in [-0.3, -0.25) is 4.79 Å². The molecule has 4 rings (SSSR count). The van der Waals surface area contributed by atoms with Gasteiger partial charge in [-0.2, -0.15) is 5.10 Å². The molecule has 0 spiro atoms. The molecule has 4 heteroatoms. The second-order valence-electron chi connectivity index (χ2n) is 8.34. The van der Waals surface area contributed by atoms with Gasteiger partial charge in [0.2, 0.25) is 5.91 Å². The second kappa shape index (κ2) is 6.69. The maximum atomic E-state index is 12.4. The predicted octanol–water partition coefficient (Wildman–Crippen LogP) is 4.72. The molecule has 27 heavy (non-hydrogen) atoms. The Morgan fingerprint density at radius 3 is 2.63 bits per heavy atom. The van der Waals surface area contributed by atoms with Crippen LogP contribution in [-0.2, 0) is 10.2 Å². The Bertz CT molecular complexity index is 992. The number of H-pyrrole nitrogens is 1. The van der Waals surface area contributed by atoms with Crippen molar-refractivity contribution in [1.82, 2.24) is 10.4 Å². The van der Waals surface area contributed by atoms with Gasteiger partial charge in [-0.25, -0.2) is 5.43 Å². The summed E-state index contributed by atoms with van der Waals surface area (Å²) >= 11 is 0. The van der Waals surface area contributed by atoms with E-state index >= 15 is 0 Å². The number of aromatic nitrogens is 1. The highest BCUT2D eigenvalue weighted by Crippen LogP contribution is 2.47. The summed E-state index contributed by atoms with van der Waals surface area (Å²) in [6.45, 7) is 6.63. The fourth-order valence-corrected chi connectivity index (χ4v) is 3.53. The van der Waals surface area contributed by atoms with E-state index in [0.717, 1.165) is 22.9 Å². The molecule has 2 aromatic carbocycles. The fourth-order valence-electron chi connectivity index (χ4n) is 3.53. The van der Waals surface area contributed by atoms with Crippen LogP contribution in [-0.4, -0.2) is 17.1 Å². The van der Waals surface area contributed by atoms with E-state index in [0.29, 0.717) is 5.92 Å². The summed E-state index contributed by atoms with van der Waals surface area (Å²) in [5.41, 5.74) is 7.43. The first kappa shape index (κ1) is 17.5. The third-order valence-corrected chi connectivity index (χ3v) is 5.33. The van der Waals surface area contributed by atoms with E-state index in [2.05, 4.69) is 60.5 Å². The smallest absolute Gasteiger partial charge is 0.243 e. The summed E-state index contributed by atoms with van der Waals surface area (Å²) in [5, 5.41) is 5.25. The molecule has 1 aliphatic rings. The maximum absolute atomic E-state index is 12.4. The van der Waals surface area contributed by atoms with Crippen LogP contribution in [0.1, 0.15) is 49.8 Å². The Kier molecular flexibility index (Phi) is 4.34. The van der Waals surface area contributed by atoms with E-state index in [1.807, 2.05) is 30.5 Å². The molecule has 2 unspecified atom stereocenters. The zero-order valence-electron chi connectivity index (χ0n) is 16.0. The molecule has 1 aliphatic carbocycles. The molecule has 1 saturated carbocycles. The van der Waals surface area contributed by atoms with Gasteiger partial charge in [0, 0.05) is 28.6 Å². The molecule has 1 amide bonds. The van der Waals surface area contributed by atoms with Crippen LogP contribution < -0.4 is 5.43 Å².